The van der Waals surface area contributed by atoms with Crippen LogP contribution in [0, 0.1) is 0 Å². The molecule has 28 heavy (non-hydrogen) atoms. The molecule has 1 fully saturated rings. The van der Waals surface area contributed by atoms with Crippen molar-refractivity contribution in [3.05, 3.63) is 47.1 Å². The summed E-state index contributed by atoms with van der Waals surface area (Å²) in [7, 11) is 0. The van der Waals surface area contributed by atoms with E-state index in [1.807, 2.05) is 19.1 Å². The SMILES string of the molecule is CCOC(=O)NC(=O)c1ccsc1NC(=O)C1SC(c2ccncc2)NC1C. The summed E-state index contributed by atoms with van der Waals surface area (Å²) in [5.74, 6) is -0.816. The van der Waals surface area contributed by atoms with Crippen molar-refractivity contribution < 1.29 is 19.1 Å². The minimum Gasteiger partial charge on any atom is -0.450 e. The molecule has 1 saturated heterocycles. The third-order valence-corrected chi connectivity index (χ3v) is 6.48. The number of aromatic nitrogens is 1. The number of nitrogens with one attached hydrogen (secondary N) is 3. The van der Waals surface area contributed by atoms with Crippen molar-refractivity contribution in [3.63, 3.8) is 0 Å². The Bertz CT molecular complexity index is 858. The predicted molar refractivity (Wildman–Crippen MR) is 108 cm³/mol. The van der Waals surface area contributed by atoms with E-state index < -0.39 is 12.0 Å². The second-order valence-corrected chi connectivity index (χ2v) is 8.17. The molecule has 3 atom stereocenters. The molecule has 3 N–H and O–H groups in total. The Morgan fingerprint density at radius 2 is 2.00 bits per heavy atom. The number of thioether (sulfide) groups is 1. The van der Waals surface area contributed by atoms with E-state index in [0.717, 1.165) is 5.56 Å². The van der Waals surface area contributed by atoms with Gasteiger partial charge < -0.3 is 10.1 Å². The van der Waals surface area contributed by atoms with E-state index in [9.17, 15) is 14.4 Å². The fourth-order valence-corrected chi connectivity index (χ4v) is 4.91. The molecular weight excluding hydrogens is 400 g/mol. The second kappa shape index (κ2) is 9.18. The molecule has 148 valence electrons. The maximum Gasteiger partial charge on any atom is 0.414 e. The van der Waals surface area contributed by atoms with Gasteiger partial charge in [0, 0.05) is 18.4 Å². The van der Waals surface area contributed by atoms with Crippen molar-refractivity contribution >= 4 is 46.0 Å². The van der Waals surface area contributed by atoms with Crippen molar-refractivity contribution in [3.8, 4) is 0 Å². The summed E-state index contributed by atoms with van der Waals surface area (Å²) in [5.41, 5.74) is 1.27. The minimum absolute atomic E-state index is 0.0105. The Labute approximate surface area is 170 Å². The number of imide groups is 1. The third-order valence-electron chi connectivity index (χ3n) is 4.06. The average Bonchev–Trinajstić information content (AvgIpc) is 3.29. The van der Waals surface area contributed by atoms with Crippen LogP contribution < -0.4 is 16.0 Å². The molecule has 0 radical (unpaired) electrons. The van der Waals surface area contributed by atoms with Gasteiger partial charge in [-0.1, -0.05) is 0 Å². The average molecular weight is 421 g/mol. The van der Waals surface area contributed by atoms with Gasteiger partial charge in [-0.3, -0.25) is 25.2 Å². The number of nitrogens with zero attached hydrogens (tertiary/aromatic N) is 1. The number of amides is 3. The highest BCUT2D eigenvalue weighted by molar-refractivity contribution is 8.01. The van der Waals surface area contributed by atoms with Crippen molar-refractivity contribution in [2.45, 2.75) is 30.5 Å². The molecule has 0 spiro atoms. The number of ether oxygens (including phenoxy) is 1. The smallest absolute Gasteiger partial charge is 0.414 e. The molecule has 2 aromatic rings. The highest BCUT2D eigenvalue weighted by atomic mass is 32.2. The number of carbonyl (C=O) groups is 3. The number of rotatable bonds is 5. The number of thiophene rings is 1. The van der Waals surface area contributed by atoms with Crippen LogP contribution in [0.15, 0.2) is 36.0 Å². The number of hydrogen-bond acceptors (Lipinski definition) is 8. The highest BCUT2D eigenvalue weighted by Gasteiger charge is 2.37. The molecule has 3 unspecified atom stereocenters. The summed E-state index contributed by atoms with van der Waals surface area (Å²) in [6.45, 7) is 3.75. The van der Waals surface area contributed by atoms with Crippen LogP contribution in [-0.4, -0.2) is 40.8 Å². The van der Waals surface area contributed by atoms with Gasteiger partial charge in [0.05, 0.1) is 17.5 Å². The molecule has 3 heterocycles. The minimum atomic E-state index is -0.819. The molecule has 3 rings (SSSR count). The van der Waals surface area contributed by atoms with Crippen LogP contribution in [0.1, 0.15) is 35.1 Å². The lowest BCUT2D eigenvalue weighted by Crippen LogP contribution is -2.36. The first-order valence-electron chi connectivity index (χ1n) is 8.67. The zero-order chi connectivity index (χ0) is 20.1. The molecule has 2 aromatic heterocycles. The van der Waals surface area contributed by atoms with E-state index in [0.29, 0.717) is 5.00 Å². The Hall–Kier alpha value is -2.43. The van der Waals surface area contributed by atoms with Crippen LogP contribution in [0.25, 0.3) is 0 Å². The monoisotopic (exact) mass is 420 g/mol. The molecule has 0 aromatic carbocycles. The van der Waals surface area contributed by atoms with Gasteiger partial charge >= 0.3 is 6.09 Å². The van der Waals surface area contributed by atoms with Gasteiger partial charge in [-0.25, -0.2) is 4.79 Å². The Kier molecular flexibility index (Phi) is 6.65. The number of alkyl carbamates (subject to hydrolysis) is 1. The highest BCUT2D eigenvalue weighted by Crippen LogP contribution is 2.38. The first-order valence-corrected chi connectivity index (χ1v) is 10.5. The van der Waals surface area contributed by atoms with Gasteiger partial charge in [0.1, 0.15) is 10.3 Å². The summed E-state index contributed by atoms with van der Waals surface area (Å²) in [5, 5.41) is 10.1. The summed E-state index contributed by atoms with van der Waals surface area (Å²) >= 11 is 2.73. The molecule has 1 aliphatic heterocycles. The van der Waals surface area contributed by atoms with Gasteiger partial charge in [0.15, 0.2) is 0 Å². The topological polar surface area (TPSA) is 109 Å². The lowest BCUT2D eigenvalue weighted by atomic mass is 10.2. The maximum absolute atomic E-state index is 12.8. The summed E-state index contributed by atoms with van der Waals surface area (Å²) in [6.07, 6.45) is 2.62. The molecule has 3 amide bonds. The molecule has 0 saturated carbocycles. The lowest BCUT2D eigenvalue weighted by molar-refractivity contribution is -0.115. The number of carbonyl (C=O) groups excluding carboxylic acids is 3. The largest absolute Gasteiger partial charge is 0.450 e. The predicted octanol–water partition coefficient (Wildman–Crippen LogP) is 2.76. The Morgan fingerprint density at radius 1 is 1.25 bits per heavy atom. The van der Waals surface area contributed by atoms with E-state index in [2.05, 4.69) is 20.9 Å². The fraction of sp³-hybridized carbons (Fsp3) is 0.333. The Morgan fingerprint density at radius 3 is 2.71 bits per heavy atom. The van der Waals surface area contributed by atoms with Gasteiger partial charge in [0.25, 0.3) is 5.91 Å². The van der Waals surface area contributed by atoms with E-state index in [4.69, 9.17) is 4.74 Å². The quantitative estimate of drug-likeness (QED) is 0.682. The first-order chi connectivity index (χ1) is 13.5. The van der Waals surface area contributed by atoms with Crippen LogP contribution in [0.2, 0.25) is 0 Å². The van der Waals surface area contributed by atoms with Crippen molar-refractivity contribution in [1.29, 1.82) is 0 Å². The zero-order valence-corrected chi connectivity index (χ0v) is 16.9. The van der Waals surface area contributed by atoms with Crippen LogP contribution in [0.5, 0.6) is 0 Å². The van der Waals surface area contributed by atoms with Gasteiger partial charge in [-0.15, -0.1) is 23.1 Å². The van der Waals surface area contributed by atoms with Gasteiger partial charge in [-0.05, 0) is 43.0 Å². The van der Waals surface area contributed by atoms with Crippen LogP contribution in [-0.2, 0) is 9.53 Å². The third kappa shape index (κ3) is 4.70. The molecule has 0 bridgehead atoms. The molecule has 10 heteroatoms. The van der Waals surface area contributed by atoms with Gasteiger partial charge in [0.2, 0.25) is 5.91 Å². The fourth-order valence-electron chi connectivity index (χ4n) is 2.73. The summed E-state index contributed by atoms with van der Waals surface area (Å²) in [6, 6.07) is 5.32. The maximum atomic E-state index is 12.8. The Balaban J connectivity index is 1.65. The molecular formula is C18H20N4O4S2. The summed E-state index contributed by atoms with van der Waals surface area (Å²) in [4.78, 5) is 40.5. The summed E-state index contributed by atoms with van der Waals surface area (Å²) < 4.78 is 4.71. The van der Waals surface area contributed by atoms with Crippen molar-refractivity contribution in [1.82, 2.24) is 15.6 Å². The molecule has 1 aliphatic rings. The van der Waals surface area contributed by atoms with E-state index in [1.54, 1.807) is 30.8 Å². The van der Waals surface area contributed by atoms with Crippen LogP contribution in [0.3, 0.4) is 0 Å². The normalized spacial score (nSPS) is 21.1. The number of pyridine rings is 1. The molecule has 0 aliphatic carbocycles. The standard InChI is InChI=1S/C18H20N4O4S2/c1-3-26-18(25)22-14(23)12-6-9-27-17(12)21-15(24)13-10(2)20-16(28-13)11-4-7-19-8-5-11/h4-10,13,16,20H,3H2,1-2H3,(H,21,24)(H,22,23,25). The second-order valence-electron chi connectivity index (χ2n) is 6.00. The van der Waals surface area contributed by atoms with E-state index >= 15 is 0 Å². The number of anilines is 1. The number of hydrogen-bond donors (Lipinski definition) is 3. The van der Waals surface area contributed by atoms with Crippen LogP contribution >= 0.6 is 23.1 Å². The first kappa shape index (κ1) is 20.3. The van der Waals surface area contributed by atoms with Crippen molar-refractivity contribution in [2.75, 3.05) is 11.9 Å². The zero-order valence-electron chi connectivity index (χ0n) is 15.3. The van der Waals surface area contributed by atoms with Crippen LogP contribution in [0.4, 0.5) is 9.80 Å². The van der Waals surface area contributed by atoms with Gasteiger partial charge in [-0.2, -0.15) is 0 Å². The van der Waals surface area contributed by atoms with E-state index in [1.165, 1.54) is 23.1 Å². The van der Waals surface area contributed by atoms with Crippen molar-refractivity contribution in [2.24, 2.45) is 0 Å². The molecule has 8 nitrogen and oxygen atoms in total. The van der Waals surface area contributed by atoms with E-state index in [-0.39, 0.29) is 34.7 Å². The lowest BCUT2D eigenvalue weighted by Gasteiger charge is -2.14.